The van der Waals surface area contributed by atoms with Crippen LogP contribution in [0, 0.1) is 16.2 Å². The quantitative estimate of drug-likeness (QED) is 0.0565. The zero-order chi connectivity index (χ0) is 35.9. The Labute approximate surface area is 268 Å². The fourth-order valence-corrected chi connectivity index (χ4v) is 3.80. The second-order valence-corrected chi connectivity index (χ2v) is 13.4. The van der Waals surface area contributed by atoms with Gasteiger partial charge in [0.05, 0.1) is 39.1 Å². The first kappa shape index (κ1) is 43.0. The molecule has 0 saturated heterocycles. The fraction of sp³-hybridized carbons (Fsp3) is 0.778. The molecule has 0 aromatic rings. The number of hydrogen-bond acceptors (Lipinski definition) is 15. The maximum Gasteiger partial charge on any atom is 0.537 e. The minimum Gasteiger partial charge on any atom is -0.396 e. The van der Waals surface area contributed by atoms with Crippen molar-refractivity contribution in [2.45, 2.75) is 79.1 Å². The van der Waals surface area contributed by atoms with Crippen LogP contribution in [0.15, 0.2) is 0 Å². The van der Waals surface area contributed by atoms with Gasteiger partial charge in [-0.1, -0.05) is 41.5 Å². The lowest BCUT2D eigenvalue weighted by Crippen LogP contribution is -2.46. The first-order valence-electron chi connectivity index (χ1n) is 14.3. The van der Waals surface area contributed by atoms with E-state index in [0.717, 1.165) is 0 Å². The summed E-state index contributed by atoms with van der Waals surface area (Å²) < 4.78 is 14.8. The van der Waals surface area contributed by atoms with Crippen LogP contribution in [0.1, 0.15) is 60.8 Å². The van der Waals surface area contributed by atoms with Gasteiger partial charge in [0.15, 0.2) is 0 Å². The molecule has 0 aliphatic rings. The van der Waals surface area contributed by atoms with Crippen LogP contribution in [0.25, 0.3) is 0 Å². The van der Waals surface area contributed by atoms with E-state index in [4.69, 9.17) is 13.6 Å². The summed E-state index contributed by atoms with van der Waals surface area (Å²) in [6.07, 6.45) is -6.35. The third-order valence-corrected chi connectivity index (χ3v) is 7.66. The molecule has 3 amide bonds. The highest BCUT2D eigenvalue weighted by Gasteiger charge is 2.35. The minimum absolute atomic E-state index is 0.349. The molecule has 0 radical (unpaired) electrons. The second kappa shape index (κ2) is 19.6. The van der Waals surface area contributed by atoms with Crippen LogP contribution in [0.3, 0.4) is 0 Å². The van der Waals surface area contributed by atoms with Gasteiger partial charge in [-0.05, 0) is 0 Å². The molecule has 266 valence electrons. The van der Waals surface area contributed by atoms with E-state index in [0.29, 0.717) is 0 Å². The molecule has 0 fully saturated rings. The molecule has 46 heavy (non-hydrogen) atoms. The van der Waals surface area contributed by atoms with Gasteiger partial charge in [0.1, 0.15) is 18.3 Å². The molecule has 0 aliphatic carbocycles. The number of carbonyl (C=O) groups excluding carboxylic acids is 6. The van der Waals surface area contributed by atoms with E-state index in [1.54, 1.807) is 0 Å². The van der Waals surface area contributed by atoms with Gasteiger partial charge in [0, 0.05) is 35.9 Å². The second-order valence-electron chi connectivity index (χ2n) is 12.4. The first-order valence-corrected chi connectivity index (χ1v) is 15.4. The van der Waals surface area contributed by atoms with Gasteiger partial charge in [0.25, 0.3) is 0 Å². The largest absolute Gasteiger partial charge is 0.537 e. The molecular weight excluding hydrogens is 637 g/mol. The Balaban J connectivity index is 5.23. The van der Waals surface area contributed by atoms with E-state index >= 15 is 0 Å². The smallest absolute Gasteiger partial charge is 0.396 e. The molecule has 0 aliphatic heterocycles. The number of aliphatic hydroxyl groups is 6. The van der Waals surface area contributed by atoms with E-state index < -0.39 is 118 Å². The molecule has 18 nitrogen and oxygen atoms in total. The molecule has 0 aromatic carbocycles. The van der Waals surface area contributed by atoms with Crippen LogP contribution < -0.4 is 16.0 Å². The Morgan fingerprint density at radius 2 is 0.739 bits per heavy atom. The summed E-state index contributed by atoms with van der Waals surface area (Å²) in [5.41, 5.74) is -3.50. The average molecular weight is 686 g/mol. The van der Waals surface area contributed by atoms with Crippen LogP contribution >= 0.6 is 8.60 Å². The van der Waals surface area contributed by atoms with Gasteiger partial charge < -0.3 is 60.2 Å². The van der Waals surface area contributed by atoms with Crippen molar-refractivity contribution in [1.29, 1.82) is 0 Å². The lowest BCUT2D eigenvalue weighted by atomic mass is 9.87. The monoisotopic (exact) mass is 685 g/mol. The van der Waals surface area contributed by atoms with E-state index in [9.17, 15) is 59.4 Å². The molecular formula is C27H48N3O15P. The summed E-state index contributed by atoms with van der Waals surface area (Å²) in [6, 6.07) is 0. The summed E-state index contributed by atoms with van der Waals surface area (Å²) in [4.78, 5) is 73.4. The minimum atomic E-state index is -3.01. The highest BCUT2D eigenvalue weighted by atomic mass is 31.2. The molecule has 0 spiro atoms. The average Bonchev–Trinajstić information content (AvgIpc) is 2.99. The van der Waals surface area contributed by atoms with Crippen molar-refractivity contribution >= 4 is 44.2 Å². The Hall–Kier alpha value is -2.99. The van der Waals surface area contributed by atoms with E-state index in [1.807, 2.05) is 0 Å². The highest BCUT2D eigenvalue weighted by Crippen LogP contribution is 2.41. The number of carbonyl (C=O) groups is 6. The number of amides is 3. The van der Waals surface area contributed by atoms with Crippen LogP contribution in [0.2, 0.25) is 0 Å². The van der Waals surface area contributed by atoms with Crippen molar-refractivity contribution in [3.63, 3.8) is 0 Å². The third-order valence-electron chi connectivity index (χ3n) is 6.60. The van der Waals surface area contributed by atoms with E-state index in [-0.39, 0.29) is 19.6 Å². The summed E-state index contributed by atoms with van der Waals surface area (Å²) in [6.45, 7) is 6.09. The van der Waals surface area contributed by atoms with Crippen LogP contribution in [-0.2, 0) is 42.3 Å². The predicted molar refractivity (Wildman–Crippen MR) is 159 cm³/mol. The SMILES string of the molecule is CC(C)(CO)[C@@H](O)C(=O)NCCC(=O)OP(OC(=O)CCNC(=O)[C@H](O)C(C)(C)CO)OC(=O)CCNC(=O)[C@H](O)C(C)(C)CO. The summed E-state index contributed by atoms with van der Waals surface area (Å²) >= 11 is 0. The van der Waals surface area contributed by atoms with Crippen molar-refractivity contribution in [2.75, 3.05) is 39.5 Å². The Bertz CT molecular complexity index is 925. The Morgan fingerprint density at radius 1 is 0.522 bits per heavy atom. The molecule has 0 bridgehead atoms. The molecule has 9 N–H and O–H groups in total. The predicted octanol–water partition coefficient (Wildman–Crippen LogP) is -2.50. The lowest BCUT2D eigenvalue weighted by Gasteiger charge is -2.27. The van der Waals surface area contributed by atoms with Crippen molar-refractivity contribution in [3.05, 3.63) is 0 Å². The number of aliphatic hydroxyl groups excluding tert-OH is 6. The molecule has 19 heteroatoms. The van der Waals surface area contributed by atoms with Crippen molar-refractivity contribution in [2.24, 2.45) is 16.2 Å². The van der Waals surface area contributed by atoms with Crippen LogP contribution in [0.4, 0.5) is 0 Å². The lowest BCUT2D eigenvalue weighted by molar-refractivity contribution is -0.142. The molecule has 0 saturated carbocycles. The summed E-state index contributed by atoms with van der Waals surface area (Å²) in [5.74, 6) is -5.90. The topological polar surface area (TPSA) is 288 Å². The van der Waals surface area contributed by atoms with Crippen LogP contribution in [-0.4, -0.2) is 124 Å². The van der Waals surface area contributed by atoms with Gasteiger partial charge in [0.2, 0.25) is 17.7 Å². The van der Waals surface area contributed by atoms with Gasteiger partial charge in [-0.2, -0.15) is 0 Å². The summed E-state index contributed by atoms with van der Waals surface area (Å²) in [5, 5.41) is 64.8. The maximum absolute atomic E-state index is 12.4. The molecule has 0 unspecified atom stereocenters. The standard InChI is InChI=1S/C27H48N3O15P/c1-25(2,13-31)19(37)22(40)28-10-7-16(34)43-46(44-17(35)8-11-29-23(41)20(38)26(3,4)14-32)45-18(36)9-12-30-24(42)21(39)27(5,6)15-33/h19-21,31-33,37-39H,7-15H2,1-6H3,(H,28,40)(H,29,41)(H,30,42)/t19-,20-,21-/m0/s1. The molecule has 0 aromatic heterocycles. The Kier molecular flexibility index (Phi) is 18.3. The zero-order valence-corrected chi connectivity index (χ0v) is 27.8. The van der Waals surface area contributed by atoms with Crippen molar-refractivity contribution in [3.8, 4) is 0 Å². The van der Waals surface area contributed by atoms with Gasteiger partial charge >= 0.3 is 26.5 Å². The molecule has 3 atom stereocenters. The molecule has 0 rings (SSSR count). The maximum atomic E-state index is 12.4. The third kappa shape index (κ3) is 15.1. The fourth-order valence-electron chi connectivity index (χ4n) is 2.92. The van der Waals surface area contributed by atoms with Gasteiger partial charge in [-0.25, -0.2) is 0 Å². The first-order chi connectivity index (χ1) is 21.1. The number of hydrogen-bond donors (Lipinski definition) is 9. The van der Waals surface area contributed by atoms with E-state index in [2.05, 4.69) is 16.0 Å². The highest BCUT2D eigenvalue weighted by molar-refractivity contribution is 7.43. The number of nitrogens with one attached hydrogen (secondary N) is 3. The van der Waals surface area contributed by atoms with Crippen molar-refractivity contribution < 1.29 is 73.0 Å². The summed E-state index contributed by atoms with van der Waals surface area (Å²) in [7, 11) is -3.01. The van der Waals surface area contributed by atoms with Gasteiger partial charge in [-0.15, -0.1) is 0 Å². The molecule has 0 heterocycles. The normalized spacial score (nSPS) is 14.0. The Morgan fingerprint density at radius 3 is 0.935 bits per heavy atom. The van der Waals surface area contributed by atoms with E-state index in [1.165, 1.54) is 41.5 Å². The van der Waals surface area contributed by atoms with Gasteiger partial charge in [-0.3, -0.25) is 28.8 Å². The van der Waals surface area contributed by atoms with Crippen LogP contribution in [0.5, 0.6) is 0 Å². The number of rotatable bonds is 21. The van der Waals surface area contributed by atoms with Crippen molar-refractivity contribution in [1.82, 2.24) is 16.0 Å². The zero-order valence-electron chi connectivity index (χ0n) is 26.9.